The Morgan fingerprint density at radius 3 is 2.79 bits per heavy atom. The number of nitrogens with zero attached hydrogens (tertiary/aromatic N) is 1. The molecule has 3 nitrogen and oxygen atoms in total. The van der Waals surface area contributed by atoms with Gasteiger partial charge in [0.25, 0.3) is 0 Å². The number of carbonyl (C=O) groups excluding carboxylic acids is 1. The van der Waals surface area contributed by atoms with Crippen LogP contribution in [0.3, 0.4) is 0 Å². The van der Waals surface area contributed by atoms with E-state index in [1.807, 2.05) is 32.9 Å². The molecule has 0 saturated heterocycles. The van der Waals surface area contributed by atoms with E-state index in [2.05, 4.69) is 18.0 Å². The van der Waals surface area contributed by atoms with Crippen molar-refractivity contribution in [3.63, 3.8) is 0 Å². The number of esters is 1. The van der Waals surface area contributed by atoms with Gasteiger partial charge in [-0.15, -0.1) is 0 Å². The Hall–Kier alpha value is -1.38. The maximum absolute atomic E-state index is 11.8. The Morgan fingerprint density at radius 2 is 2.16 bits per heavy atom. The van der Waals surface area contributed by atoms with Gasteiger partial charge in [-0.05, 0) is 39.7 Å². The highest BCUT2D eigenvalue weighted by Crippen LogP contribution is 2.16. The summed E-state index contributed by atoms with van der Waals surface area (Å²) in [5.41, 5.74) is 1.52. The number of aliphatic imine (C=N–C) groups is 1. The van der Waals surface area contributed by atoms with E-state index in [-0.39, 0.29) is 12.4 Å². The molecular weight excluding hydrogens is 238 g/mol. The molecule has 0 aromatic carbocycles. The third-order valence-electron chi connectivity index (χ3n) is 2.64. The zero-order chi connectivity index (χ0) is 14.3. The maximum Gasteiger partial charge on any atom is 0.312 e. The smallest absolute Gasteiger partial charge is 0.312 e. The normalized spacial score (nSPS) is 15.6. The zero-order valence-corrected chi connectivity index (χ0v) is 12.5. The number of unbranched alkanes of at least 4 members (excludes halogenated alkanes) is 1. The van der Waals surface area contributed by atoms with Crippen LogP contribution in [0.4, 0.5) is 0 Å². The van der Waals surface area contributed by atoms with Gasteiger partial charge in [0.2, 0.25) is 0 Å². The van der Waals surface area contributed by atoms with Crippen LogP contribution in [-0.2, 0) is 9.53 Å². The van der Waals surface area contributed by atoms with Crippen LogP contribution in [0.5, 0.6) is 0 Å². The highest BCUT2D eigenvalue weighted by Gasteiger charge is 2.17. The molecule has 0 atom stereocenters. The van der Waals surface area contributed by atoms with E-state index >= 15 is 0 Å². The summed E-state index contributed by atoms with van der Waals surface area (Å²) in [6, 6.07) is 0. The molecule has 1 aliphatic heterocycles. The lowest BCUT2D eigenvalue weighted by Crippen LogP contribution is -2.23. The van der Waals surface area contributed by atoms with E-state index in [1.165, 1.54) is 0 Å². The standard InChI is InChI=1S/C16H25NO2/c1-5-6-9-13-10-7-8-11-14(17-13)12-15(18)19-16(2,3)4/h7-8,11H,5-6,9-10,12H2,1-4H3. The van der Waals surface area contributed by atoms with Crippen molar-refractivity contribution < 1.29 is 9.53 Å². The quantitative estimate of drug-likeness (QED) is 0.697. The molecule has 3 heteroatoms. The predicted octanol–water partition coefficient (Wildman–Crippen LogP) is 4.19. The molecule has 1 aliphatic rings. The van der Waals surface area contributed by atoms with Gasteiger partial charge in [-0.1, -0.05) is 25.5 Å². The summed E-state index contributed by atoms with van der Waals surface area (Å²) >= 11 is 0. The molecule has 0 bridgehead atoms. The van der Waals surface area contributed by atoms with Crippen molar-refractivity contribution >= 4 is 11.7 Å². The first-order valence-corrected chi connectivity index (χ1v) is 7.04. The van der Waals surface area contributed by atoms with E-state index < -0.39 is 5.60 Å². The van der Waals surface area contributed by atoms with Crippen LogP contribution < -0.4 is 0 Å². The number of rotatable bonds is 5. The minimum absolute atomic E-state index is 0.215. The molecule has 0 saturated carbocycles. The van der Waals surface area contributed by atoms with E-state index in [9.17, 15) is 4.79 Å². The fourth-order valence-electron chi connectivity index (χ4n) is 1.83. The number of hydrogen-bond donors (Lipinski definition) is 0. The molecule has 0 aromatic rings. The van der Waals surface area contributed by atoms with Crippen molar-refractivity contribution in [2.24, 2.45) is 4.99 Å². The second-order valence-corrected chi connectivity index (χ2v) is 5.84. The monoisotopic (exact) mass is 263 g/mol. The number of hydrogen-bond acceptors (Lipinski definition) is 3. The van der Waals surface area contributed by atoms with Gasteiger partial charge in [0.1, 0.15) is 5.60 Å². The summed E-state index contributed by atoms with van der Waals surface area (Å²) in [6.45, 7) is 7.80. The molecule has 0 spiro atoms. The summed E-state index contributed by atoms with van der Waals surface area (Å²) in [7, 11) is 0. The van der Waals surface area contributed by atoms with Gasteiger partial charge in [0, 0.05) is 12.1 Å². The van der Waals surface area contributed by atoms with Gasteiger partial charge in [0.15, 0.2) is 0 Å². The molecule has 0 fully saturated rings. The van der Waals surface area contributed by atoms with Gasteiger partial charge >= 0.3 is 5.97 Å². The molecule has 0 aromatic heterocycles. The van der Waals surface area contributed by atoms with Crippen molar-refractivity contribution in [1.82, 2.24) is 0 Å². The highest BCUT2D eigenvalue weighted by atomic mass is 16.6. The largest absolute Gasteiger partial charge is 0.460 e. The topological polar surface area (TPSA) is 38.7 Å². The summed E-state index contributed by atoms with van der Waals surface area (Å²) < 4.78 is 5.32. The minimum atomic E-state index is -0.438. The molecule has 0 radical (unpaired) electrons. The third-order valence-corrected chi connectivity index (χ3v) is 2.64. The summed E-state index contributed by atoms with van der Waals surface area (Å²) in [5, 5.41) is 0. The number of carbonyl (C=O) groups is 1. The van der Waals surface area contributed by atoms with Gasteiger partial charge in [0.05, 0.1) is 12.1 Å². The lowest BCUT2D eigenvalue weighted by atomic mass is 10.1. The van der Waals surface area contributed by atoms with Crippen molar-refractivity contribution in [3.8, 4) is 0 Å². The molecule has 0 amide bonds. The van der Waals surface area contributed by atoms with Gasteiger partial charge in [-0.25, -0.2) is 0 Å². The van der Waals surface area contributed by atoms with Crippen LogP contribution in [0.2, 0.25) is 0 Å². The Labute approximate surface area is 116 Å². The summed E-state index contributed by atoms with van der Waals surface area (Å²) in [4.78, 5) is 16.4. The van der Waals surface area contributed by atoms with Gasteiger partial charge in [-0.2, -0.15) is 0 Å². The van der Waals surface area contributed by atoms with Crippen LogP contribution >= 0.6 is 0 Å². The first kappa shape index (κ1) is 15.7. The first-order chi connectivity index (χ1) is 8.90. The summed E-state index contributed by atoms with van der Waals surface area (Å²) in [5.74, 6) is -0.215. The molecule has 1 heterocycles. The Balaban J connectivity index is 2.62. The summed E-state index contributed by atoms with van der Waals surface area (Å²) in [6.07, 6.45) is 10.4. The molecular formula is C16H25NO2. The van der Waals surface area contributed by atoms with Gasteiger partial charge in [-0.3, -0.25) is 9.79 Å². The number of ether oxygens (including phenoxy) is 1. The van der Waals surface area contributed by atoms with Crippen molar-refractivity contribution in [2.45, 2.75) is 65.4 Å². The lowest BCUT2D eigenvalue weighted by Gasteiger charge is -2.19. The van der Waals surface area contributed by atoms with Crippen LogP contribution in [0, 0.1) is 0 Å². The van der Waals surface area contributed by atoms with Crippen molar-refractivity contribution in [1.29, 1.82) is 0 Å². The minimum Gasteiger partial charge on any atom is -0.460 e. The van der Waals surface area contributed by atoms with E-state index in [0.717, 1.165) is 37.1 Å². The van der Waals surface area contributed by atoms with Crippen molar-refractivity contribution in [2.75, 3.05) is 0 Å². The molecule has 0 unspecified atom stereocenters. The van der Waals surface area contributed by atoms with E-state index in [1.54, 1.807) is 0 Å². The Bertz CT molecular complexity index is 397. The fraction of sp³-hybridized carbons (Fsp3) is 0.625. The predicted molar refractivity (Wildman–Crippen MR) is 79.3 cm³/mol. The fourth-order valence-corrected chi connectivity index (χ4v) is 1.83. The lowest BCUT2D eigenvalue weighted by molar-refractivity contribution is -0.153. The molecule has 106 valence electrons. The average Bonchev–Trinajstić information content (AvgIpc) is 2.49. The second-order valence-electron chi connectivity index (χ2n) is 5.84. The van der Waals surface area contributed by atoms with E-state index in [4.69, 9.17) is 4.74 Å². The molecule has 19 heavy (non-hydrogen) atoms. The SMILES string of the molecule is CCCCC1=NC(CC(=O)OC(C)(C)C)=CC=CC1. The van der Waals surface area contributed by atoms with Crippen LogP contribution in [0.15, 0.2) is 28.9 Å². The van der Waals surface area contributed by atoms with Crippen LogP contribution in [0.1, 0.15) is 59.8 Å². The third kappa shape index (κ3) is 6.94. The van der Waals surface area contributed by atoms with Crippen LogP contribution in [0.25, 0.3) is 0 Å². The van der Waals surface area contributed by atoms with Gasteiger partial charge < -0.3 is 4.74 Å². The highest BCUT2D eigenvalue weighted by molar-refractivity contribution is 5.87. The first-order valence-electron chi connectivity index (χ1n) is 7.04. The van der Waals surface area contributed by atoms with Crippen LogP contribution in [-0.4, -0.2) is 17.3 Å². The zero-order valence-electron chi connectivity index (χ0n) is 12.5. The van der Waals surface area contributed by atoms with Crippen molar-refractivity contribution in [3.05, 3.63) is 23.9 Å². The number of allylic oxidation sites excluding steroid dienone is 3. The Morgan fingerprint density at radius 1 is 1.42 bits per heavy atom. The molecule has 0 N–H and O–H groups in total. The molecule has 1 rings (SSSR count). The average molecular weight is 263 g/mol. The second kappa shape index (κ2) is 7.27. The van der Waals surface area contributed by atoms with E-state index in [0.29, 0.717) is 0 Å². The molecule has 0 aliphatic carbocycles. The Kier molecular flexibility index (Phi) is 6.00. The maximum atomic E-state index is 11.8.